The molecule has 0 aromatic heterocycles. The molecule has 0 aliphatic rings. The molecule has 0 bridgehead atoms. The van der Waals surface area contributed by atoms with Crippen molar-refractivity contribution in [1.82, 2.24) is 0 Å². The van der Waals surface area contributed by atoms with Crippen LogP contribution in [0, 0.1) is 22.9 Å². The molecule has 6 heteroatoms. The lowest BCUT2D eigenvalue weighted by Crippen LogP contribution is -1.99. The smallest absolute Gasteiger partial charge is 0.295 e. The highest BCUT2D eigenvalue weighted by atomic mass is 35.5. The van der Waals surface area contributed by atoms with E-state index in [0.29, 0.717) is 16.9 Å². The van der Waals surface area contributed by atoms with Crippen molar-refractivity contribution in [2.24, 2.45) is 0 Å². The highest BCUT2D eigenvalue weighted by Gasteiger charge is 2.16. The standard InChI is InChI=1S/C13H10ClFN2O2/c1-8-3-2-4-12(13(8)17(18)19)16-9-5-6-11(15)10(14)7-9/h2-7,16H,1H3. The van der Waals surface area contributed by atoms with E-state index in [0.717, 1.165) is 0 Å². The Bertz CT molecular complexity index is 647. The Balaban J connectivity index is 2.40. The minimum atomic E-state index is -0.536. The Labute approximate surface area is 114 Å². The van der Waals surface area contributed by atoms with E-state index in [9.17, 15) is 14.5 Å². The number of anilines is 2. The molecule has 0 saturated heterocycles. The summed E-state index contributed by atoms with van der Waals surface area (Å²) in [6, 6.07) is 8.99. The van der Waals surface area contributed by atoms with E-state index < -0.39 is 10.7 Å². The van der Waals surface area contributed by atoms with Gasteiger partial charge in [-0.3, -0.25) is 10.1 Å². The van der Waals surface area contributed by atoms with E-state index in [1.165, 1.54) is 18.2 Å². The maximum absolute atomic E-state index is 13.0. The average Bonchev–Trinajstić information content (AvgIpc) is 2.33. The number of rotatable bonds is 3. The summed E-state index contributed by atoms with van der Waals surface area (Å²) in [6.45, 7) is 1.65. The molecule has 0 unspecified atom stereocenters. The van der Waals surface area contributed by atoms with Gasteiger partial charge in [-0.2, -0.15) is 0 Å². The number of aryl methyl sites for hydroxylation is 1. The summed E-state index contributed by atoms with van der Waals surface area (Å²) in [6.07, 6.45) is 0. The fraction of sp³-hybridized carbons (Fsp3) is 0.0769. The molecule has 0 atom stereocenters. The van der Waals surface area contributed by atoms with Gasteiger partial charge in [-0.1, -0.05) is 23.7 Å². The van der Waals surface area contributed by atoms with Crippen LogP contribution in [0.3, 0.4) is 0 Å². The summed E-state index contributed by atoms with van der Waals surface area (Å²) in [4.78, 5) is 10.6. The van der Waals surface area contributed by atoms with Crippen LogP contribution in [0.5, 0.6) is 0 Å². The molecule has 2 aromatic rings. The quantitative estimate of drug-likeness (QED) is 0.668. The van der Waals surface area contributed by atoms with Crippen LogP contribution in [0.2, 0.25) is 5.02 Å². The van der Waals surface area contributed by atoms with E-state index >= 15 is 0 Å². The van der Waals surface area contributed by atoms with Gasteiger partial charge in [0.05, 0.1) is 9.95 Å². The van der Waals surface area contributed by atoms with E-state index in [1.54, 1.807) is 25.1 Å². The van der Waals surface area contributed by atoms with Gasteiger partial charge < -0.3 is 5.32 Å². The SMILES string of the molecule is Cc1cccc(Nc2ccc(F)c(Cl)c2)c1[N+](=O)[O-]. The number of hydrogen-bond acceptors (Lipinski definition) is 3. The summed E-state index contributed by atoms with van der Waals surface area (Å²) in [5.41, 5.74) is 1.36. The Morgan fingerprint density at radius 2 is 2.05 bits per heavy atom. The number of nitrogens with zero attached hydrogens (tertiary/aromatic N) is 1. The van der Waals surface area contributed by atoms with E-state index in [1.807, 2.05) is 0 Å². The van der Waals surface area contributed by atoms with Gasteiger partial charge in [-0.15, -0.1) is 0 Å². The molecule has 0 amide bonds. The van der Waals surface area contributed by atoms with Crippen LogP contribution >= 0.6 is 11.6 Å². The predicted octanol–water partition coefficient (Wildman–Crippen LogP) is 4.44. The lowest BCUT2D eigenvalue weighted by atomic mass is 10.1. The maximum Gasteiger partial charge on any atom is 0.295 e. The number of nitrogens with one attached hydrogen (secondary N) is 1. The molecular formula is C13H10ClFN2O2. The molecule has 0 aliphatic carbocycles. The lowest BCUT2D eigenvalue weighted by molar-refractivity contribution is -0.384. The van der Waals surface area contributed by atoms with Crippen molar-refractivity contribution >= 4 is 28.7 Å². The molecular weight excluding hydrogens is 271 g/mol. The van der Waals surface area contributed by atoms with Gasteiger partial charge in [0.25, 0.3) is 5.69 Å². The monoisotopic (exact) mass is 280 g/mol. The first-order valence-corrected chi connectivity index (χ1v) is 5.83. The predicted molar refractivity (Wildman–Crippen MR) is 72.5 cm³/mol. The van der Waals surface area contributed by atoms with Gasteiger partial charge in [-0.05, 0) is 31.2 Å². The van der Waals surface area contributed by atoms with Gasteiger partial charge in [0, 0.05) is 11.3 Å². The Morgan fingerprint density at radius 3 is 2.68 bits per heavy atom. The molecule has 0 saturated carbocycles. The number of para-hydroxylation sites is 1. The minimum Gasteiger partial charge on any atom is -0.350 e. The van der Waals surface area contributed by atoms with Crippen LogP contribution in [0.1, 0.15) is 5.56 Å². The van der Waals surface area contributed by atoms with Gasteiger partial charge >= 0.3 is 0 Å². The van der Waals surface area contributed by atoms with Gasteiger partial charge in [0.2, 0.25) is 0 Å². The molecule has 98 valence electrons. The molecule has 0 fully saturated rings. The number of halogens is 2. The molecule has 1 N–H and O–H groups in total. The first kappa shape index (κ1) is 13.3. The van der Waals surface area contributed by atoms with Crippen LogP contribution in [-0.4, -0.2) is 4.92 Å². The van der Waals surface area contributed by atoms with E-state index in [4.69, 9.17) is 11.6 Å². The zero-order valence-corrected chi connectivity index (χ0v) is 10.7. The number of benzene rings is 2. The third kappa shape index (κ3) is 2.82. The fourth-order valence-electron chi connectivity index (χ4n) is 1.73. The summed E-state index contributed by atoms with van der Waals surface area (Å²) in [5, 5.41) is 13.9. The van der Waals surface area contributed by atoms with E-state index in [-0.39, 0.29) is 10.7 Å². The first-order valence-electron chi connectivity index (χ1n) is 5.45. The third-order valence-electron chi connectivity index (χ3n) is 2.62. The van der Waals surface area contributed by atoms with Crippen molar-refractivity contribution in [3.8, 4) is 0 Å². The molecule has 2 aromatic carbocycles. The normalized spacial score (nSPS) is 10.3. The Hall–Kier alpha value is -2.14. The van der Waals surface area contributed by atoms with Crippen LogP contribution in [0.4, 0.5) is 21.5 Å². The summed E-state index contributed by atoms with van der Waals surface area (Å²) in [5.74, 6) is -0.536. The molecule has 0 heterocycles. The summed E-state index contributed by atoms with van der Waals surface area (Å²) >= 11 is 5.66. The van der Waals surface area contributed by atoms with Crippen LogP contribution in [0.15, 0.2) is 36.4 Å². The Kier molecular flexibility index (Phi) is 3.66. The Morgan fingerprint density at radius 1 is 1.32 bits per heavy atom. The van der Waals surface area contributed by atoms with Crippen LogP contribution in [0.25, 0.3) is 0 Å². The van der Waals surface area contributed by atoms with Gasteiger partial charge in [0.1, 0.15) is 11.5 Å². The zero-order valence-electron chi connectivity index (χ0n) is 9.98. The number of nitro benzene ring substituents is 1. The molecule has 0 aliphatic heterocycles. The third-order valence-corrected chi connectivity index (χ3v) is 2.91. The van der Waals surface area contributed by atoms with Gasteiger partial charge in [-0.25, -0.2) is 4.39 Å². The number of hydrogen-bond donors (Lipinski definition) is 1. The van der Waals surface area contributed by atoms with Crippen molar-refractivity contribution in [3.63, 3.8) is 0 Å². The molecule has 2 rings (SSSR count). The average molecular weight is 281 g/mol. The molecule has 0 radical (unpaired) electrons. The second-order valence-corrected chi connectivity index (χ2v) is 4.39. The molecule has 19 heavy (non-hydrogen) atoms. The molecule has 4 nitrogen and oxygen atoms in total. The second kappa shape index (κ2) is 5.24. The van der Waals surface area contributed by atoms with Crippen molar-refractivity contribution < 1.29 is 9.31 Å². The summed E-state index contributed by atoms with van der Waals surface area (Å²) in [7, 11) is 0. The lowest BCUT2D eigenvalue weighted by Gasteiger charge is -2.09. The van der Waals surface area contributed by atoms with Crippen molar-refractivity contribution in [1.29, 1.82) is 0 Å². The van der Waals surface area contributed by atoms with Crippen molar-refractivity contribution in [2.45, 2.75) is 6.92 Å². The molecule has 0 spiro atoms. The van der Waals surface area contributed by atoms with Crippen molar-refractivity contribution in [2.75, 3.05) is 5.32 Å². The topological polar surface area (TPSA) is 55.2 Å². The minimum absolute atomic E-state index is 0.0112. The maximum atomic E-state index is 13.0. The second-order valence-electron chi connectivity index (χ2n) is 3.98. The van der Waals surface area contributed by atoms with Crippen LogP contribution in [-0.2, 0) is 0 Å². The fourth-order valence-corrected chi connectivity index (χ4v) is 1.91. The van der Waals surface area contributed by atoms with Crippen LogP contribution < -0.4 is 5.32 Å². The largest absolute Gasteiger partial charge is 0.350 e. The zero-order chi connectivity index (χ0) is 14.0. The summed E-state index contributed by atoms with van der Waals surface area (Å²) < 4.78 is 13.0. The highest BCUT2D eigenvalue weighted by molar-refractivity contribution is 6.31. The highest BCUT2D eigenvalue weighted by Crippen LogP contribution is 2.31. The van der Waals surface area contributed by atoms with Gasteiger partial charge in [0.15, 0.2) is 0 Å². The number of nitro groups is 1. The van der Waals surface area contributed by atoms with E-state index in [2.05, 4.69) is 5.32 Å². The first-order chi connectivity index (χ1) is 8.99. The van der Waals surface area contributed by atoms with Crippen molar-refractivity contribution in [3.05, 3.63) is 62.9 Å².